The second-order valence-corrected chi connectivity index (χ2v) is 5.79. The number of nitrogens with one attached hydrogen (secondary N) is 1. The minimum atomic E-state index is 0.279. The zero-order valence-electron chi connectivity index (χ0n) is 13.6. The van der Waals surface area contributed by atoms with Crippen molar-refractivity contribution >= 4 is 0 Å². The molecule has 118 valence electrons. The number of aryl methyl sites for hydroxylation is 1. The maximum absolute atomic E-state index is 5.04. The van der Waals surface area contributed by atoms with Crippen molar-refractivity contribution in [2.45, 2.75) is 19.5 Å². The molecular weight excluding hydrogens is 266 g/mol. The summed E-state index contributed by atoms with van der Waals surface area (Å²) >= 11 is 0. The van der Waals surface area contributed by atoms with Crippen LogP contribution in [-0.4, -0.2) is 73.8 Å². The molecule has 21 heavy (non-hydrogen) atoms. The lowest BCUT2D eigenvalue weighted by Crippen LogP contribution is -2.45. The number of ether oxygens (including phenoxy) is 1. The summed E-state index contributed by atoms with van der Waals surface area (Å²) in [5, 5.41) is 3.34. The standard InChI is InChI=1S/C15H27N5O/c1-12-9-13(10-16-5-8-21-4)18-15(17-12)14-11-19(2)6-7-20(14)3/h9,14,16H,5-8,10-11H2,1-4H3. The van der Waals surface area contributed by atoms with Gasteiger partial charge in [0.05, 0.1) is 18.3 Å². The highest BCUT2D eigenvalue weighted by Crippen LogP contribution is 2.20. The molecule has 1 N–H and O–H groups in total. The van der Waals surface area contributed by atoms with E-state index in [9.17, 15) is 0 Å². The summed E-state index contributed by atoms with van der Waals surface area (Å²) in [6.07, 6.45) is 0. The summed E-state index contributed by atoms with van der Waals surface area (Å²) in [6.45, 7) is 7.48. The molecule has 1 aromatic heterocycles. The van der Waals surface area contributed by atoms with Crippen LogP contribution in [0.25, 0.3) is 0 Å². The number of methoxy groups -OCH3 is 1. The van der Waals surface area contributed by atoms with Gasteiger partial charge in [-0.15, -0.1) is 0 Å². The van der Waals surface area contributed by atoms with Crippen LogP contribution in [0.5, 0.6) is 0 Å². The van der Waals surface area contributed by atoms with Crippen molar-refractivity contribution in [1.82, 2.24) is 25.1 Å². The summed E-state index contributed by atoms with van der Waals surface area (Å²) in [6, 6.07) is 2.33. The largest absolute Gasteiger partial charge is 0.383 e. The Bertz CT molecular complexity index is 454. The van der Waals surface area contributed by atoms with Crippen molar-refractivity contribution in [3.05, 3.63) is 23.3 Å². The van der Waals surface area contributed by atoms with Crippen molar-refractivity contribution < 1.29 is 4.74 Å². The van der Waals surface area contributed by atoms with Crippen LogP contribution in [0.4, 0.5) is 0 Å². The van der Waals surface area contributed by atoms with E-state index in [1.54, 1.807) is 7.11 Å². The molecule has 1 aliphatic heterocycles. The third kappa shape index (κ3) is 4.71. The van der Waals surface area contributed by atoms with Crippen molar-refractivity contribution in [2.75, 3.05) is 54.0 Å². The van der Waals surface area contributed by atoms with Crippen molar-refractivity contribution in [3.63, 3.8) is 0 Å². The number of hydrogen-bond acceptors (Lipinski definition) is 6. The number of piperazine rings is 1. The first-order valence-electron chi connectivity index (χ1n) is 7.53. The highest BCUT2D eigenvalue weighted by molar-refractivity contribution is 5.13. The average molecular weight is 293 g/mol. The van der Waals surface area contributed by atoms with Gasteiger partial charge in [-0.1, -0.05) is 0 Å². The smallest absolute Gasteiger partial charge is 0.147 e. The van der Waals surface area contributed by atoms with Gasteiger partial charge in [0.1, 0.15) is 5.82 Å². The average Bonchev–Trinajstić information content (AvgIpc) is 2.45. The highest BCUT2D eigenvalue weighted by atomic mass is 16.5. The highest BCUT2D eigenvalue weighted by Gasteiger charge is 2.26. The molecule has 0 spiro atoms. The summed E-state index contributed by atoms with van der Waals surface area (Å²) < 4.78 is 5.04. The lowest BCUT2D eigenvalue weighted by atomic mass is 10.1. The Morgan fingerprint density at radius 3 is 2.90 bits per heavy atom. The second-order valence-electron chi connectivity index (χ2n) is 5.79. The van der Waals surface area contributed by atoms with E-state index >= 15 is 0 Å². The molecule has 0 bridgehead atoms. The van der Waals surface area contributed by atoms with Gasteiger partial charge < -0.3 is 15.0 Å². The van der Waals surface area contributed by atoms with Crippen LogP contribution in [0.2, 0.25) is 0 Å². The van der Waals surface area contributed by atoms with Gasteiger partial charge in [0, 0.05) is 45.5 Å². The molecule has 1 atom stereocenters. The molecule has 0 amide bonds. The number of rotatable bonds is 6. The number of aromatic nitrogens is 2. The number of hydrogen-bond donors (Lipinski definition) is 1. The quantitative estimate of drug-likeness (QED) is 0.768. The monoisotopic (exact) mass is 293 g/mol. The van der Waals surface area contributed by atoms with Crippen LogP contribution >= 0.6 is 0 Å². The molecule has 1 saturated heterocycles. The summed E-state index contributed by atoms with van der Waals surface area (Å²) in [5.41, 5.74) is 2.08. The fraction of sp³-hybridized carbons (Fsp3) is 0.733. The Morgan fingerprint density at radius 1 is 1.33 bits per heavy atom. The molecule has 2 rings (SSSR count). The van der Waals surface area contributed by atoms with Crippen molar-refractivity contribution in [1.29, 1.82) is 0 Å². The molecule has 1 aromatic rings. The van der Waals surface area contributed by atoms with Gasteiger partial charge in [-0.3, -0.25) is 4.90 Å². The molecule has 0 saturated carbocycles. The molecule has 0 aromatic carbocycles. The van der Waals surface area contributed by atoms with E-state index in [0.717, 1.165) is 49.9 Å². The maximum Gasteiger partial charge on any atom is 0.147 e. The maximum atomic E-state index is 5.04. The normalized spacial score (nSPS) is 20.9. The predicted molar refractivity (Wildman–Crippen MR) is 83.2 cm³/mol. The Morgan fingerprint density at radius 2 is 2.14 bits per heavy atom. The third-order valence-corrected chi connectivity index (χ3v) is 3.86. The zero-order chi connectivity index (χ0) is 15.2. The minimum absolute atomic E-state index is 0.279. The lowest BCUT2D eigenvalue weighted by molar-refractivity contribution is 0.109. The lowest BCUT2D eigenvalue weighted by Gasteiger charge is -2.36. The van der Waals surface area contributed by atoms with Crippen molar-refractivity contribution in [3.8, 4) is 0 Å². The van der Waals surface area contributed by atoms with Crippen LogP contribution in [0.3, 0.4) is 0 Å². The van der Waals surface area contributed by atoms with Crippen LogP contribution in [0.1, 0.15) is 23.3 Å². The van der Waals surface area contributed by atoms with Gasteiger partial charge in [0.25, 0.3) is 0 Å². The molecule has 1 fully saturated rings. The molecule has 2 heterocycles. The van der Waals surface area contributed by atoms with Gasteiger partial charge >= 0.3 is 0 Å². The fourth-order valence-electron chi connectivity index (χ4n) is 2.58. The van der Waals surface area contributed by atoms with E-state index in [1.807, 2.05) is 6.92 Å². The second kappa shape index (κ2) is 7.79. The minimum Gasteiger partial charge on any atom is -0.383 e. The van der Waals surface area contributed by atoms with E-state index < -0.39 is 0 Å². The van der Waals surface area contributed by atoms with Gasteiger partial charge in [-0.25, -0.2) is 9.97 Å². The topological polar surface area (TPSA) is 53.5 Å². The summed E-state index contributed by atoms with van der Waals surface area (Å²) in [4.78, 5) is 14.1. The van der Waals surface area contributed by atoms with Gasteiger partial charge in [-0.05, 0) is 27.1 Å². The van der Waals surface area contributed by atoms with E-state index in [4.69, 9.17) is 9.72 Å². The zero-order valence-corrected chi connectivity index (χ0v) is 13.6. The van der Waals surface area contributed by atoms with Crippen LogP contribution < -0.4 is 5.32 Å². The van der Waals surface area contributed by atoms with Crippen LogP contribution in [-0.2, 0) is 11.3 Å². The van der Waals surface area contributed by atoms with Gasteiger partial charge in [0.2, 0.25) is 0 Å². The van der Waals surface area contributed by atoms with Crippen LogP contribution in [0.15, 0.2) is 6.07 Å². The van der Waals surface area contributed by atoms with Crippen LogP contribution in [0, 0.1) is 6.92 Å². The molecule has 1 aliphatic rings. The molecular formula is C15H27N5O. The first-order chi connectivity index (χ1) is 10.1. The van der Waals surface area contributed by atoms with E-state index in [1.165, 1.54) is 0 Å². The Hall–Kier alpha value is -1.08. The van der Waals surface area contributed by atoms with E-state index in [2.05, 4.69) is 40.3 Å². The van der Waals surface area contributed by atoms with Crippen molar-refractivity contribution in [2.24, 2.45) is 0 Å². The third-order valence-electron chi connectivity index (χ3n) is 3.86. The summed E-state index contributed by atoms with van der Waals surface area (Å²) in [5.74, 6) is 0.938. The molecule has 1 unspecified atom stereocenters. The molecule has 0 radical (unpaired) electrons. The molecule has 6 heteroatoms. The number of likely N-dealkylation sites (N-methyl/N-ethyl adjacent to an activating group) is 2. The molecule has 0 aliphatic carbocycles. The fourth-order valence-corrected chi connectivity index (χ4v) is 2.58. The van der Waals surface area contributed by atoms with Gasteiger partial charge in [0.15, 0.2) is 0 Å². The predicted octanol–water partition coefficient (Wildman–Crippen LogP) is 0.439. The Kier molecular flexibility index (Phi) is 6.05. The Labute approximate surface area is 127 Å². The van der Waals surface area contributed by atoms with E-state index in [-0.39, 0.29) is 6.04 Å². The first-order valence-corrected chi connectivity index (χ1v) is 7.53. The first kappa shape index (κ1) is 16.3. The SMILES string of the molecule is COCCNCc1cc(C)nc(C2CN(C)CCN2C)n1. The van der Waals surface area contributed by atoms with E-state index in [0.29, 0.717) is 6.61 Å². The summed E-state index contributed by atoms with van der Waals surface area (Å²) in [7, 11) is 6.02. The molecule has 6 nitrogen and oxygen atoms in total. The van der Waals surface area contributed by atoms with Gasteiger partial charge in [-0.2, -0.15) is 0 Å². The number of nitrogens with zero attached hydrogens (tertiary/aromatic N) is 4. The Balaban J connectivity index is 2.06.